The van der Waals surface area contributed by atoms with Crippen molar-refractivity contribution in [1.29, 1.82) is 0 Å². The van der Waals surface area contributed by atoms with Gasteiger partial charge in [-0.15, -0.1) is 11.3 Å². The largest absolute Gasteiger partial charge is 0.383 e. The normalized spacial score (nSPS) is 30.7. The summed E-state index contributed by atoms with van der Waals surface area (Å²) in [6.07, 6.45) is 0.246. The Morgan fingerprint density at radius 3 is 2.71 bits per heavy atom. The minimum absolute atomic E-state index is 0.0394. The third-order valence-electron chi connectivity index (χ3n) is 2.33. The maximum atomic E-state index is 11.3. The van der Waals surface area contributed by atoms with Crippen LogP contribution < -0.4 is 0 Å². The second kappa shape index (κ2) is 3.20. The van der Waals surface area contributed by atoms with Crippen molar-refractivity contribution >= 4 is 32.8 Å². The first-order valence-corrected chi connectivity index (χ1v) is 7.17. The average molecular weight is 253 g/mol. The first kappa shape index (κ1) is 10.4. The van der Waals surface area contributed by atoms with Gasteiger partial charge in [0.05, 0.1) is 21.4 Å². The summed E-state index contributed by atoms with van der Waals surface area (Å²) in [5.41, 5.74) is -1.26. The van der Waals surface area contributed by atoms with Gasteiger partial charge in [0.2, 0.25) is 0 Å². The molecular weight excluding hydrogens is 244 g/mol. The molecule has 1 unspecified atom stereocenters. The minimum Gasteiger partial charge on any atom is -0.383 e. The number of aliphatic hydroxyl groups is 1. The van der Waals surface area contributed by atoms with Crippen molar-refractivity contribution in [2.24, 2.45) is 0 Å². The van der Waals surface area contributed by atoms with Crippen LogP contribution in [0.2, 0.25) is 5.02 Å². The summed E-state index contributed by atoms with van der Waals surface area (Å²) in [5, 5.41) is 12.3. The number of hydrogen-bond acceptors (Lipinski definition) is 4. The zero-order valence-corrected chi connectivity index (χ0v) is 9.62. The summed E-state index contributed by atoms with van der Waals surface area (Å²) in [7, 11) is -3.10. The summed E-state index contributed by atoms with van der Waals surface area (Å²) in [5.74, 6) is -0.169. The van der Waals surface area contributed by atoms with Crippen LogP contribution in [0.25, 0.3) is 0 Å². The Bertz CT molecular complexity index is 451. The second-order valence-corrected chi connectivity index (χ2v) is 6.98. The van der Waals surface area contributed by atoms with Gasteiger partial charge in [-0.2, -0.15) is 0 Å². The lowest BCUT2D eigenvalue weighted by Crippen LogP contribution is -2.25. The predicted octanol–water partition coefficient (Wildman–Crippen LogP) is 1.41. The molecule has 1 N–H and O–H groups in total. The molecule has 1 saturated heterocycles. The highest BCUT2D eigenvalue weighted by Crippen LogP contribution is 2.40. The lowest BCUT2D eigenvalue weighted by Gasteiger charge is -2.19. The second-order valence-electron chi connectivity index (χ2n) is 3.47. The van der Waals surface area contributed by atoms with Crippen molar-refractivity contribution in [3.63, 3.8) is 0 Å². The molecule has 14 heavy (non-hydrogen) atoms. The highest BCUT2D eigenvalue weighted by atomic mass is 35.5. The molecule has 0 bridgehead atoms. The molecule has 1 aromatic heterocycles. The van der Waals surface area contributed by atoms with Crippen LogP contribution in [0.3, 0.4) is 0 Å². The van der Waals surface area contributed by atoms with E-state index in [4.69, 9.17) is 11.6 Å². The van der Waals surface area contributed by atoms with Gasteiger partial charge in [-0.05, 0) is 17.9 Å². The van der Waals surface area contributed by atoms with Crippen molar-refractivity contribution in [3.05, 3.63) is 21.3 Å². The monoisotopic (exact) mass is 252 g/mol. The summed E-state index contributed by atoms with van der Waals surface area (Å²) in [6, 6.07) is 1.67. The number of hydrogen-bond donors (Lipinski definition) is 1. The fourth-order valence-corrected chi connectivity index (χ4v) is 4.90. The van der Waals surface area contributed by atoms with E-state index in [1.807, 2.05) is 0 Å². The molecule has 0 amide bonds. The topological polar surface area (TPSA) is 54.4 Å². The quantitative estimate of drug-likeness (QED) is 0.822. The lowest BCUT2D eigenvalue weighted by molar-refractivity contribution is 0.0693. The van der Waals surface area contributed by atoms with Gasteiger partial charge in [-0.25, -0.2) is 8.42 Å². The van der Waals surface area contributed by atoms with E-state index in [1.54, 1.807) is 11.4 Å². The molecule has 78 valence electrons. The molecular formula is C8H9ClO3S2. The van der Waals surface area contributed by atoms with Crippen LogP contribution in [0.1, 0.15) is 11.3 Å². The highest BCUT2D eigenvalue weighted by Gasteiger charge is 2.43. The van der Waals surface area contributed by atoms with Gasteiger partial charge in [-0.1, -0.05) is 11.6 Å². The van der Waals surface area contributed by atoms with E-state index in [9.17, 15) is 13.5 Å². The Balaban J connectivity index is 2.41. The van der Waals surface area contributed by atoms with Crippen LogP contribution in [0, 0.1) is 0 Å². The van der Waals surface area contributed by atoms with Gasteiger partial charge in [0.15, 0.2) is 9.84 Å². The Morgan fingerprint density at radius 2 is 2.29 bits per heavy atom. The number of halogens is 1. The summed E-state index contributed by atoms with van der Waals surface area (Å²) in [4.78, 5) is 0.570. The Morgan fingerprint density at radius 1 is 1.57 bits per heavy atom. The Labute approximate surface area is 91.2 Å². The van der Waals surface area contributed by atoms with Gasteiger partial charge in [-0.3, -0.25) is 0 Å². The fraction of sp³-hybridized carbons (Fsp3) is 0.500. The summed E-state index contributed by atoms with van der Waals surface area (Å²) < 4.78 is 22.5. The molecule has 0 radical (unpaired) electrons. The van der Waals surface area contributed by atoms with E-state index in [-0.39, 0.29) is 17.9 Å². The molecule has 2 rings (SSSR count). The van der Waals surface area contributed by atoms with Gasteiger partial charge in [0, 0.05) is 0 Å². The van der Waals surface area contributed by atoms with E-state index in [1.165, 1.54) is 11.3 Å². The zero-order chi connectivity index (χ0) is 10.4. The first-order chi connectivity index (χ1) is 6.43. The molecule has 2 heterocycles. The molecule has 0 spiro atoms. The predicted molar refractivity (Wildman–Crippen MR) is 56.5 cm³/mol. The zero-order valence-electron chi connectivity index (χ0n) is 7.23. The molecule has 6 heteroatoms. The fourth-order valence-electron chi connectivity index (χ4n) is 1.64. The number of thiophene rings is 1. The molecule has 0 aliphatic carbocycles. The first-order valence-electron chi connectivity index (χ1n) is 4.09. The number of sulfone groups is 1. The average Bonchev–Trinajstić information content (AvgIpc) is 2.57. The number of rotatable bonds is 1. The lowest BCUT2D eigenvalue weighted by atomic mass is 10.0. The molecule has 0 aromatic carbocycles. The standard InChI is InChI=1S/C8H9ClO3S2/c9-6-1-3-13-7(6)8(10)2-4-14(11,12)5-8/h1,3,10H,2,4-5H2. The van der Waals surface area contributed by atoms with Gasteiger partial charge >= 0.3 is 0 Å². The van der Waals surface area contributed by atoms with Crippen molar-refractivity contribution in [1.82, 2.24) is 0 Å². The van der Waals surface area contributed by atoms with Crippen LogP contribution in [0.4, 0.5) is 0 Å². The van der Waals surface area contributed by atoms with Crippen molar-refractivity contribution in [3.8, 4) is 0 Å². The van der Waals surface area contributed by atoms with E-state index >= 15 is 0 Å². The van der Waals surface area contributed by atoms with Crippen LogP contribution in [0.15, 0.2) is 11.4 Å². The smallest absolute Gasteiger partial charge is 0.153 e. The third kappa shape index (κ3) is 1.69. The van der Waals surface area contributed by atoms with Gasteiger partial charge in [0.1, 0.15) is 5.60 Å². The molecule has 0 saturated carbocycles. The Hall–Kier alpha value is -0.100. The summed E-state index contributed by atoms with van der Waals surface area (Å²) >= 11 is 7.16. The maximum Gasteiger partial charge on any atom is 0.153 e. The van der Waals surface area contributed by atoms with Crippen molar-refractivity contribution < 1.29 is 13.5 Å². The van der Waals surface area contributed by atoms with Crippen LogP contribution in [-0.2, 0) is 15.4 Å². The summed E-state index contributed by atoms with van der Waals surface area (Å²) in [6.45, 7) is 0. The molecule has 1 aliphatic heterocycles. The molecule has 1 aliphatic rings. The van der Waals surface area contributed by atoms with Crippen molar-refractivity contribution in [2.45, 2.75) is 12.0 Å². The maximum absolute atomic E-state index is 11.3. The van der Waals surface area contributed by atoms with E-state index in [2.05, 4.69) is 0 Å². The van der Waals surface area contributed by atoms with E-state index in [0.29, 0.717) is 9.90 Å². The highest BCUT2D eigenvalue weighted by molar-refractivity contribution is 7.91. The van der Waals surface area contributed by atoms with Gasteiger partial charge < -0.3 is 5.11 Å². The molecule has 1 atom stereocenters. The SMILES string of the molecule is O=S1(=O)CCC(O)(c2sccc2Cl)C1. The van der Waals surface area contributed by atoms with Crippen LogP contribution in [0.5, 0.6) is 0 Å². The van der Waals surface area contributed by atoms with Crippen LogP contribution >= 0.6 is 22.9 Å². The van der Waals surface area contributed by atoms with E-state index in [0.717, 1.165) is 0 Å². The third-order valence-corrected chi connectivity index (χ3v) is 5.60. The van der Waals surface area contributed by atoms with Gasteiger partial charge in [0.25, 0.3) is 0 Å². The van der Waals surface area contributed by atoms with Crippen LogP contribution in [-0.4, -0.2) is 25.0 Å². The van der Waals surface area contributed by atoms with E-state index < -0.39 is 15.4 Å². The molecule has 3 nitrogen and oxygen atoms in total. The molecule has 1 aromatic rings. The Kier molecular flexibility index (Phi) is 2.38. The minimum atomic E-state index is -3.10. The van der Waals surface area contributed by atoms with Crippen molar-refractivity contribution in [2.75, 3.05) is 11.5 Å². The molecule has 1 fully saturated rings.